The van der Waals surface area contributed by atoms with Crippen molar-refractivity contribution >= 4 is 17.3 Å². The van der Waals surface area contributed by atoms with E-state index in [1.165, 1.54) is 7.11 Å². The average Bonchev–Trinajstić information content (AvgIpc) is 3.03. The Labute approximate surface area is 151 Å². The summed E-state index contributed by atoms with van der Waals surface area (Å²) in [4.78, 5) is 25.8. The van der Waals surface area contributed by atoms with Gasteiger partial charge in [0.2, 0.25) is 5.78 Å². The van der Waals surface area contributed by atoms with Gasteiger partial charge in [0.05, 0.1) is 7.11 Å². The zero-order chi connectivity index (χ0) is 18.1. The molecule has 0 atom stereocenters. The predicted octanol–water partition coefficient (Wildman–Crippen LogP) is 4.52. The molecule has 0 unspecified atom stereocenters. The molecule has 0 saturated carbocycles. The van der Waals surface area contributed by atoms with Crippen LogP contribution in [0.3, 0.4) is 0 Å². The van der Waals surface area contributed by atoms with E-state index in [1.54, 1.807) is 24.3 Å². The molecule has 0 heterocycles. The molecule has 1 aliphatic rings. The van der Waals surface area contributed by atoms with Gasteiger partial charge in [0.25, 0.3) is 0 Å². The average molecular weight is 340 g/mol. The van der Waals surface area contributed by atoms with E-state index in [9.17, 15) is 9.59 Å². The van der Waals surface area contributed by atoms with Gasteiger partial charge >= 0.3 is 5.97 Å². The first-order valence-corrected chi connectivity index (χ1v) is 8.34. The van der Waals surface area contributed by atoms with Crippen molar-refractivity contribution in [3.8, 4) is 11.1 Å². The Morgan fingerprint density at radius 3 is 1.62 bits per heavy atom. The molecule has 4 rings (SSSR count). The molecule has 26 heavy (non-hydrogen) atoms. The molecule has 0 aromatic heterocycles. The van der Waals surface area contributed by atoms with Crippen molar-refractivity contribution in [1.29, 1.82) is 0 Å². The van der Waals surface area contributed by atoms with E-state index in [4.69, 9.17) is 4.74 Å². The monoisotopic (exact) mass is 340 g/mol. The fourth-order valence-corrected chi connectivity index (χ4v) is 3.43. The Bertz CT molecular complexity index is 998. The van der Waals surface area contributed by atoms with Crippen molar-refractivity contribution in [3.05, 3.63) is 101 Å². The number of ether oxygens (including phenoxy) is 1. The molecule has 126 valence electrons. The lowest BCUT2D eigenvalue weighted by molar-refractivity contribution is -0.135. The molecule has 0 spiro atoms. The fraction of sp³-hybridized carbons (Fsp3) is 0.0435. The number of hydrogen-bond acceptors (Lipinski definition) is 3. The number of rotatable bonds is 3. The summed E-state index contributed by atoms with van der Waals surface area (Å²) in [6, 6.07) is 24.4. The summed E-state index contributed by atoms with van der Waals surface area (Å²) in [6.07, 6.45) is 0. The maximum atomic E-state index is 13.2. The number of esters is 1. The Hall–Kier alpha value is -3.46. The van der Waals surface area contributed by atoms with E-state index in [1.807, 2.05) is 54.6 Å². The highest BCUT2D eigenvalue weighted by molar-refractivity contribution is 6.31. The van der Waals surface area contributed by atoms with Gasteiger partial charge in [0, 0.05) is 11.1 Å². The lowest BCUT2D eigenvalue weighted by Crippen LogP contribution is -2.17. The summed E-state index contributed by atoms with van der Waals surface area (Å²) < 4.78 is 4.98. The zero-order valence-corrected chi connectivity index (χ0v) is 14.2. The van der Waals surface area contributed by atoms with Crippen molar-refractivity contribution in [2.24, 2.45) is 0 Å². The van der Waals surface area contributed by atoms with Crippen LogP contribution < -0.4 is 0 Å². The normalized spacial score (nSPS) is 11.5. The van der Waals surface area contributed by atoms with Crippen molar-refractivity contribution in [3.63, 3.8) is 0 Å². The van der Waals surface area contributed by atoms with Crippen LogP contribution in [0.25, 0.3) is 16.7 Å². The summed E-state index contributed by atoms with van der Waals surface area (Å²) in [5.41, 5.74) is 4.94. The SMILES string of the molecule is COC(=O)C(C(=O)c1ccccc1)=C1c2ccccc2-c2ccccc21. The Balaban J connectivity index is 2.05. The van der Waals surface area contributed by atoms with Gasteiger partial charge in [-0.15, -0.1) is 0 Å². The Kier molecular flexibility index (Phi) is 3.98. The highest BCUT2D eigenvalue weighted by Crippen LogP contribution is 2.45. The molecule has 0 aliphatic heterocycles. The van der Waals surface area contributed by atoms with Gasteiger partial charge in [-0.1, -0.05) is 78.9 Å². The van der Waals surface area contributed by atoms with Crippen LogP contribution in [0.4, 0.5) is 0 Å². The smallest absolute Gasteiger partial charge is 0.342 e. The highest BCUT2D eigenvalue weighted by atomic mass is 16.5. The van der Waals surface area contributed by atoms with Gasteiger partial charge in [-0.3, -0.25) is 4.79 Å². The van der Waals surface area contributed by atoms with Crippen molar-refractivity contribution < 1.29 is 14.3 Å². The van der Waals surface area contributed by atoms with E-state index in [0.717, 1.165) is 22.3 Å². The molecule has 0 amide bonds. The number of ketones is 1. The van der Waals surface area contributed by atoms with Crippen LogP contribution in [0, 0.1) is 0 Å². The molecule has 3 aromatic carbocycles. The number of methoxy groups -OCH3 is 1. The first-order valence-electron chi connectivity index (χ1n) is 8.34. The van der Waals surface area contributed by atoms with Crippen LogP contribution in [0.1, 0.15) is 21.5 Å². The van der Waals surface area contributed by atoms with E-state index >= 15 is 0 Å². The standard InChI is InChI=1S/C23H16O3/c1-26-23(25)21(22(24)15-9-3-2-4-10-15)20-18-13-7-5-11-16(18)17-12-6-8-14-19(17)20/h2-14H,1H3. The molecule has 0 bridgehead atoms. The second kappa shape index (κ2) is 6.45. The third-order valence-corrected chi connectivity index (χ3v) is 4.59. The largest absolute Gasteiger partial charge is 0.465 e. The van der Waals surface area contributed by atoms with Crippen LogP contribution in [0.2, 0.25) is 0 Å². The Morgan fingerprint density at radius 1 is 0.654 bits per heavy atom. The summed E-state index contributed by atoms with van der Waals surface area (Å²) in [7, 11) is 1.30. The highest BCUT2D eigenvalue weighted by Gasteiger charge is 2.32. The van der Waals surface area contributed by atoms with E-state index in [2.05, 4.69) is 0 Å². The zero-order valence-electron chi connectivity index (χ0n) is 14.2. The van der Waals surface area contributed by atoms with Gasteiger partial charge in [-0.25, -0.2) is 4.79 Å². The topological polar surface area (TPSA) is 43.4 Å². The first kappa shape index (κ1) is 16.0. The molecular formula is C23H16O3. The number of carbonyl (C=O) groups is 2. The molecule has 0 radical (unpaired) electrons. The minimum atomic E-state index is -0.625. The first-order chi connectivity index (χ1) is 12.7. The molecular weight excluding hydrogens is 324 g/mol. The van der Waals surface area contributed by atoms with Crippen molar-refractivity contribution in [2.75, 3.05) is 7.11 Å². The summed E-state index contributed by atoms with van der Waals surface area (Å²) in [5.74, 6) is -0.959. The molecule has 0 fully saturated rings. The van der Waals surface area contributed by atoms with Crippen molar-refractivity contribution in [2.45, 2.75) is 0 Å². The Morgan fingerprint density at radius 2 is 1.12 bits per heavy atom. The van der Waals surface area contributed by atoms with Gasteiger partial charge in [0.15, 0.2) is 0 Å². The van der Waals surface area contributed by atoms with E-state index in [0.29, 0.717) is 11.1 Å². The van der Waals surface area contributed by atoms with E-state index in [-0.39, 0.29) is 11.4 Å². The fourth-order valence-electron chi connectivity index (χ4n) is 3.43. The molecule has 3 nitrogen and oxygen atoms in total. The number of carbonyl (C=O) groups excluding carboxylic acids is 2. The quantitative estimate of drug-likeness (QED) is 0.181. The molecule has 0 N–H and O–H groups in total. The lowest BCUT2D eigenvalue weighted by atomic mass is 9.92. The molecule has 3 aromatic rings. The minimum absolute atomic E-state index is 0.0658. The number of hydrogen-bond donors (Lipinski definition) is 0. The van der Waals surface area contributed by atoms with E-state index < -0.39 is 5.97 Å². The number of fused-ring (bicyclic) bond motifs is 3. The number of benzene rings is 3. The third kappa shape index (κ3) is 2.45. The van der Waals surface area contributed by atoms with Gasteiger partial charge < -0.3 is 4.74 Å². The predicted molar refractivity (Wildman–Crippen MR) is 101 cm³/mol. The van der Waals surface area contributed by atoms with Crippen molar-refractivity contribution in [1.82, 2.24) is 0 Å². The molecule has 3 heteroatoms. The second-order valence-electron chi connectivity index (χ2n) is 6.03. The maximum Gasteiger partial charge on any atom is 0.342 e. The van der Waals surface area contributed by atoms with Crippen LogP contribution >= 0.6 is 0 Å². The second-order valence-corrected chi connectivity index (χ2v) is 6.03. The molecule has 1 aliphatic carbocycles. The number of Topliss-reactive ketones (excluding diaryl/α,β-unsaturated/α-hetero) is 1. The summed E-state index contributed by atoms with van der Waals surface area (Å²) in [6.45, 7) is 0. The molecule has 0 saturated heterocycles. The van der Waals surface area contributed by atoms with Crippen LogP contribution in [0.15, 0.2) is 84.4 Å². The lowest BCUT2D eigenvalue weighted by Gasteiger charge is -2.11. The van der Waals surface area contributed by atoms with Crippen LogP contribution in [0.5, 0.6) is 0 Å². The minimum Gasteiger partial charge on any atom is -0.465 e. The van der Waals surface area contributed by atoms with Crippen LogP contribution in [-0.4, -0.2) is 18.9 Å². The van der Waals surface area contributed by atoms with Gasteiger partial charge in [-0.05, 0) is 22.3 Å². The summed E-state index contributed by atoms with van der Waals surface area (Å²) in [5, 5.41) is 0. The van der Waals surface area contributed by atoms with Gasteiger partial charge in [-0.2, -0.15) is 0 Å². The van der Waals surface area contributed by atoms with Crippen LogP contribution in [-0.2, 0) is 9.53 Å². The maximum absolute atomic E-state index is 13.2. The third-order valence-electron chi connectivity index (χ3n) is 4.59. The summed E-state index contributed by atoms with van der Waals surface area (Å²) >= 11 is 0. The van der Waals surface area contributed by atoms with Gasteiger partial charge in [0.1, 0.15) is 5.57 Å².